The molecule has 0 bridgehead atoms. The molecular formula is C11H9NO4S. The number of aromatic hydroxyl groups is 1. The van der Waals surface area contributed by atoms with Crippen molar-refractivity contribution in [3.8, 4) is 11.5 Å². The van der Waals surface area contributed by atoms with Crippen molar-refractivity contribution in [1.82, 2.24) is 4.98 Å². The molecule has 0 aliphatic carbocycles. The quantitative estimate of drug-likeness (QED) is 0.799. The first-order chi connectivity index (χ1) is 8.11. The van der Waals surface area contributed by atoms with E-state index in [1.807, 2.05) is 0 Å². The predicted molar refractivity (Wildman–Crippen MR) is 63.8 cm³/mol. The van der Waals surface area contributed by atoms with Crippen molar-refractivity contribution in [2.24, 2.45) is 0 Å². The number of para-hydroxylation sites is 1. The average Bonchev–Trinajstić information content (AvgIpc) is 2.28. The van der Waals surface area contributed by atoms with Crippen LogP contribution in [0.4, 0.5) is 4.79 Å². The lowest BCUT2D eigenvalue weighted by Gasteiger charge is -2.07. The second-order valence-electron chi connectivity index (χ2n) is 3.20. The summed E-state index contributed by atoms with van der Waals surface area (Å²) in [5, 5.41) is 18.2. The fourth-order valence-electron chi connectivity index (χ4n) is 1.49. The molecule has 1 aromatic carbocycles. The summed E-state index contributed by atoms with van der Waals surface area (Å²) < 4.78 is 5.15. The van der Waals surface area contributed by atoms with Crippen molar-refractivity contribution in [3.63, 3.8) is 0 Å². The maximum Gasteiger partial charge on any atom is 0.371 e. The number of fused-ring (bicyclic) bond motifs is 1. The van der Waals surface area contributed by atoms with Crippen LogP contribution in [0.5, 0.6) is 11.5 Å². The van der Waals surface area contributed by atoms with Crippen molar-refractivity contribution in [2.75, 3.05) is 7.11 Å². The predicted octanol–water partition coefficient (Wildman–Crippen LogP) is 2.72. The monoisotopic (exact) mass is 251 g/mol. The Morgan fingerprint density at radius 2 is 2.24 bits per heavy atom. The standard InChI is InChI=1S/C11H9NO4S/c1-16-8-5-9(17-11(14)15)12-10-6(8)3-2-4-7(10)13/h2-5,13H,1H3,(H,14,15). The van der Waals surface area contributed by atoms with Crippen LogP contribution in [0, 0.1) is 0 Å². The third-order valence-corrected chi connectivity index (χ3v) is 2.76. The van der Waals surface area contributed by atoms with Crippen LogP contribution in [0.25, 0.3) is 10.9 Å². The number of hydrogen-bond acceptors (Lipinski definition) is 5. The van der Waals surface area contributed by atoms with E-state index >= 15 is 0 Å². The van der Waals surface area contributed by atoms with E-state index in [9.17, 15) is 9.90 Å². The number of pyridine rings is 1. The molecule has 5 nitrogen and oxygen atoms in total. The van der Waals surface area contributed by atoms with Gasteiger partial charge in [-0.25, -0.2) is 9.78 Å². The van der Waals surface area contributed by atoms with Gasteiger partial charge in [-0.3, -0.25) is 0 Å². The van der Waals surface area contributed by atoms with Crippen LogP contribution in [0.3, 0.4) is 0 Å². The minimum Gasteiger partial charge on any atom is -0.506 e. The van der Waals surface area contributed by atoms with Gasteiger partial charge in [0.25, 0.3) is 0 Å². The van der Waals surface area contributed by atoms with Crippen LogP contribution in [0.15, 0.2) is 29.3 Å². The van der Waals surface area contributed by atoms with Crippen molar-refractivity contribution in [2.45, 2.75) is 5.03 Å². The van der Waals surface area contributed by atoms with Crippen LogP contribution in [-0.4, -0.2) is 27.6 Å². The number of phenolic OH excluding ortho intramolecular Hbond substituents is 1. The molecule has 17 heavy (non-hydrogen) atoms. The highest BCUT2D eigenvalue weighted by atomic mass is 32.2. The number of benzene rings is 1. The number of carbonyl (C=O) groups is 1. The number of phenols is 1. The molecule has 1 heterocycles. The Hall–Kier alpha value is -1.95. The van der Waals surface area contributed by atoms with E-state index in [4.69, 9.17) is 9.84 Å². The number of aromatic nitrogens is 1. The highest BCUT2D eigenvalue weighted by Crippen LogP contribution is 2.33. The zero-order valence-electron chi connectivity index (χ0n) is 8.88. The van der Waals surface area contributed by atoms with E-state index in [1.54, 1.807) is 12.1 Å². The van der Waals surface area contributed by atoms with Crippen LogP contribution in [-0.2, 0) is 0 Å². The summed E-state index contributed by atoms with van der Waals surface area (Å²) in [5.74, 6) is 0.475. The van der Waals surface area contributed by atoms with E-state index in [0.717, 1.165) is 0 Å². The third-order valence-electron chi connectivity index (χ3n) is 2.17. The normalized spacial score (nSPS) is 10.4. The molecule has 2 rings (SSSR count). The summed E-state index contributed by atoms with van der Waals surface area (Å²) in [7, 11) is 1.48. The SMILES string of the molecule is COc1cc(SC(=O)O)nc2c(O)cccc12. The van der Waals surface area contributed by atoms with Crippen molar-refractivity contribution in [3.05, 3.63) is 24.3 Å². The fourth-order valence-corrected chi connectivity index (χ4v) is 1.97. The number of nitrogens with zero attached hydrogens (tertiary/aromatic N) is 1. The van der Waals surface area contributed by atoms with Gasteiger partial charge in [-0.2, -0.15) is 0 Å². The molecule has 2 aromatic rings. The Kier molecular flexibility index (Phi) is 3.06. The van der Waals surface area contributed by atoms with Gasteiger partial charge in [-0.15, -0.1) is 0 Å². The lowest BCUT2D eigenvalue weighted by molar-refractivity contribution is 0.222. The molecule has 0 atom stereocenters. The van der Waals surface area contributed by atoms with E-state index in [-0.39, 0.29) is 10.8 Å². The molecule has 1 aromatic heterocycles. The molecule has 0 radical (unpaired) electrons. The van der Waals surface area contributed by atoms with E-state index in [2.05, 4.69) is 4.98 Å². The number of rotatable bonds is 2. The highest BCUT2D eigenvalue weighted by molar-refractivity contribution is 8.13. The van der Waals surface area contributed by atoms with Crippen LogP contribution >= 0.6 is 11.8 Å². The van der Waals surface area contributed by atoms with Gasteiger partial charge in [0.1, 0.15) is 22.0 Å². The first-order valence-corrected chi connectivity index (χ1v) is 5.51. The Balaban J connectivity index is 2.67. The molecule has 0 saturated carbocycles. The summed E-state index contributed by atoms with van der Waals surface area (Å²) >= 11 is 0.566. The summed E-state index contributed by atoms with van der Waals surface area (Å²) in [4.78, 5) is 14.7. The molecule has 0 saturated heterocycles. The molecule has 0 spiro atoms. The van der Waals surface area contributed by atoms with E-state index in [1.165, 1.54) is 19.2 Å². The van der Waals surface area contributed by atoms with Crippen molar-refractivity contribution in [1.29, 1.82) is 0 Å². The smallest absolute Gasteiger partial charge is 0.371 e. The third kappa shape index (κ3) is 2.26. The lowest BCUT2D eigenvalue weighted by Crippen LogP contribution is -1.92. The van der Waals surface area contributed by atoms with Gasteiger partial charge in [0, 0.05) is 23.2 Å². The zero-order valence-corrected chi connectivity index (χ0v) is 9.69. The molecule has 0 aliphatic heterocycles. The number of ether oxygens (including phenoxy) is 1. The highest BCUT2D eigenvalue weighted by Gasteiger charge is 2.11. The van der Waals surface area contributed by atoms with Gasteiger partial charge in [0.05, 0.1) is 7.11 Å². The summed E-state index contributed by atoms with van der Waals surface area (Å²) in [6.45, 7) is 0. The molecular weight excluding hydrogens is 242 g/mol. The topological polar surface area (TPSA) is 79.7 Å². The number of carboxylic acid groups (broad SMARTS) is 1. The largest absolute Gasteiger partial charge is 0.506 e. The lowest BCUT2D eigenvalue weighted by atomic mass is 10.2. The number of hydrogen-bond donors (Lipinski definition) is 2. The first-order valence-electron chi connectivity index (χ1n) is 4.69. The van der Waals surface area contributed by atoms with Gasteiger partial charge in [-0.05, 0) is 12.1 Å². The molecule has 2 N–H and O–H groups in total. The summed E-state index contributed by atoms with van der Waals surface area (Å²) in [6.07, 6.45) is 0. The van der Waals surface area contributed by atoms with Crippen molar-refractivity contribution < 1.29 is 19.7 Å². The zero-order chi connectivity index (χ0) is 12.4. The van der Waals surface area contributed by atoms with Gasteiger partial charge < -0.3 is 14.9 Å². The maximum absolute atomic E-state index is 10.6. The fraction of sp³-hybridized carbons (Fsp3) is 0.0909. The Morgan fingerprint density at radius 3 is 2.88 bits per heavy atom. The van der Waals surface area contributed by atoms with Gasteiger partial charge in [0.15, 0.2) is 0 Å². The summed E-state index contributed by atoms with van der Waals surface area (Å²) in [5.41, 5.74) is 0.329. The van der Waals surface area contributed by atoms with E-state index in [0.29, 0.717) is 28.4 Å². The molecule has 6 heteroatoms. The molecule has 0 fully saturated rings. The van der Waals surface area contributed by atoms with Gasteiger partial charge in [0.2, 0.25) is 0 Å². The molecule has 0 aliphatic rings. The second-order valence-corrected chi connectivity index (χ2v) is 4.18. The second kappa shape index (κ2) is 4.50. The molecule has 0 amide bonds. The maximum atomic E-state index is 10.6. The Bertz CT molecular complexity index is 585. The van der Waals surface area contributed by atoms with Crippen LogP contribution in [0.1, 0.15) is 0 Å². The Labute approximate surface area is 101 Å². The number of methoxy groups -OCH3 is 1. The molecule has 88 valence electrons. The Morgan fingerprint density at radius 1 is 1.47 bits per heavy atom. The van der Waals surface area contributed by atoms with Crippen LogP contribution < -0.4 is 4.74 Å². The van der Waals surface area contributed by atoms with Crippen LogP contribution in [0.2, 0.25) is 0 Å². The van der Waals surface area contributed by atoms with Gasteiger partial charge >= 0.3 is 5.30 Å². The van der Waals surface area contributed by atoms with Gasteiger partial charge in [-0.1, -0.05) is 6.07 Å². The minimum atomic E-state index is -1.06. The number of thioether (sulfide) groups is 1. The summed E-state index contributed by atoms with van der Waals surface area (Å²) in [6, 6.07) is 6.44. The van der Waals surface area contributed by atoms with E-state index < -0.39 is 5.30 Å². The molecule has 0 unspecified atom stereocenters. The first kappa shape index (κ1) is 11.5. The van der Waals surface area contributed by atoms with Crippen molar-refractivity contribution >= 4 is 28.0 Å². The minimum absolute atomic E-state index is 0.00589. The average molecular weight is 251 g/mol.